The van der Waals surface area contributed by atoms with Gasteiger partial charge in [-0.1, -0.05) is 18.2 Å². The molecule has 0 amide bonds. The molecule has 136 valence electrons. The van der Waals surface area contributed by atoms with Gasteiger partial charge in [0.05, 0.1) is 7.11 Å². The molecule has 0 radical (unpaired) electrons. The third-order valence-electron chi connectivity index (χ3n) is 3.61. The van der Waals surface area contributed by atoms with Crippen LogP contribution in [-0.4, -0.2) is 37.2 Å². The normalized spacial score (nSPS) is 10.8. The van der Waals surface area contributed by atoms with Gasteiger partial charge in [-0.2, -0.15) is 0 Å². The quantitative estimate of drug-likeness (QED) is 0.409. The molecule has 0 aliphatic heterocycles. The molecule has 2 rings (SSSR count). The lowest BCUT2D eigenvalue weighted by atomic mass is 10.2. The lowest BCUT2D eigenvalue weighted by Gasteiger charge is -2.22. The maximum absolute atomic E-state index is 13.4. The van der Waals surface area contributed by atoms with Crippen molar-refractivity contribution in [3.05, 3.63) is 59.4 Å². The molecular formula is C18H23FIN3O2. The summed E-state index contributed by atoms with van der Waals surface area (Å²) in [4.78, 5) is 6.21. The molecule has 0 bridgehead atoms. The van der Waals surface area contributed by atoms with Gasteiger partial charge in [-0.3, -0.25) is 4.99 Å². The van der Waals surface area contributed by atoms with Gasteiger partial charge in [0.25, 0.3) is 0 Å². The van der Waals surface area contributed by atoms with Crippen molar-refractivity contribution in [3.63, 3.8) is 0 Å². The van der Waals surface area contributed by atoms with Crippen molar-refractivity contribution >= 4 is 29.9 Å². The molecule has 0 fully saturated rings. The van der Waals surface area contributed by atoms with E-state index in [1.165, 1.54) is 12.1 Å². The molecule has 0 aliphatic rings. The topological polar surface area (TPSA) is 57.1 Å². The molecule has 0 unspecified atom stereocenters. The Morgan fingerprint density at radius 3 is 2.40 bits per heavy atom. The van der Waals surface area contributed by atoms with Crippen LogP contribution in [0.3, 0.4) is 0 Å². The highest BCUT2D eigenvalue weighted by Gasteiger charge is 2.08. The van der Waals surface area contributed by atoms with Crippen molar-refractivity contribution in [2.24, 2.45) is 4.99 Å². The second kappa shape index (κ2) is 10.1. The SMILES string of the molecule is CN=C(NCc1ccc(O)c(F)c1)N(C)Cc1ccc(OC)cc1.I. The standard InChI is InChI=1S/C18H22FN3O2.HI/c1-20-18(21-11-14-6-9-17(23)16(19)10-14)22(2)12-13-4-7-15(24-3)8-5-13;/h4-10,23H,11-12H2,1-3H3,(H,20,21);1H. The van der Waals surface area contributed by atoms with Crippen molar-refractivity contribution in [1.29, 1.82) is 0 Å². The van der Waals surface area contributed by atoms with Crippen LogP contribution >= 0.6 is 24.0 Å². The first kappa shape index (κ1) is 21.0. The van der Waals surface area contributed by atoms with E-state index in [-0.39, 0.29) is 29.7 Å². The Balaban J connectivity index is 0.00000312. The molecule has 2 N–H and O–H groups in total. The number of nitrogens with one attached hydrogen (secondary N) is 1. The van der Waals surface area contributed by atoms with E-state index in [0.29, 0.717) is 19.0 Å². The summed E-state index contributed by atoms with van der Waals surface area (Å²) >= 11 is 0. The highest BCUT2D eigenvalue weighted by Crippen LogP contribution is 2.16. The Hall–Kier alpha value is -2.03. The average molecular weight is 459 g/mol. The van der Waals surface area contributed by atoms with E-state index in [4.69, 9.17) is 4.74 Å². The summed E-state index contributed by atoms with van der Waals surface area (Å²) in [5.41, 5.74) is 1.85. The molecule has 25 heavy (non-hydrogen) atoms. The summed E-state index contributed by atoms with van der Waals surface area (Å²) in [5.74, 6) is 0.535. The molecule has 7 heteroatoms. The van der Waals surface area contributed by atoms with Gasteiger partial charge in [0.15, 0.2) is 17.5 Å². The highest BCUT2D eigenvalue weighted by molar-refractivity contribution is 14.0. The number of hydrogen-bond donors (Lipinski definition) is 2. The number of aliphatic imine (C=N–C) groups is 1. The van der Waals surface area contributed by atoms with Crippen LogP contribution in [0.4, 0.5) is 4.39 Å². The molecule has 0 spiro atoms. The number of aromatic hydroxyl groups is 1. The Bertz CT molecular complexity index is 708. The maximum atomic E-state index is 13.4. The van der Waals surface area contributed by atoms with E-state index in [1.54, 1.807) is 20.2 Å². The van der Waals surface area contributed by atoms with E-state index in [1.807, 2.05) is 36.2 Å². The Kier molecular flexibility index (Phi) is 8.47. The van der Waals surface area contributed by atoms with Gasteiger partial charge >= 0.3 is 0 Å². The first-order chi connectivity index (χ1) is 11.5. The minimum Gasteiger partial charge on any atom is -0.505 e. The lowest BCUT2D eigenvalue weighted by molar-refractivity contribution is 0.414. The van der Waals surface area contributed by atoms with Crippen molar-refractivity contribution in [1.82, 2.24) is 10.2 Å². The molecule has 0 heterocycles. The number of phenols is 1. The summed E-state index contributed by atoms with van der Waals surface area (Å²) in [6, 6.07) is 12.1. The third kappa shape index (κ3) is 6.08. The Morgan fingerprint density at radius 2 is 1.84 bits per heavy atom. The minimum absolute atomic E-state index is 0. The van der Waals surface area contributed by atoms with Gasteiger partial charge in [0.1, 0.15) is 5.75 Å². The molecule has 2 aromatic rings. The molecular weight excluding hydrogens is 436 g/mol. The number of methoxy groups -OCH3 is 1. The summed E-state index contributed by atoms with van der Waals surface area (Å²) in [6.45, 7) is 1.09. The van der Waals surface area contributed by atoms with E-state index >= 15 is 0 Å². The van der Waals surface area contributed by atoms with Gasteiger partial charge < -0.3 is 20.1 Å². The summed E-state index contributed by atoms with van der Waals surface area (Å²) in [5, 5.41) is 12.4. The van der Waals surface area contributed by atoms with Gasteiger partial charge in [0, 0.05) is 27.2 Å². The summed E-state index contributed by atoms with van der Waals surface area (Å²) < 4.78 is 18.5. The second-order valence-electron chi connectivity index (χ2n) is 5.39. The molecule has 0 atom stereocenters. The third-order valence-corrected chi connectivity index (χ3v) is 3.61. The number of benzene rings is 2. The number of halogens is 2. The van der Waals surface area contributed by atoms with Gasteiger partial charge in [0.2, 0.25) is 0 Å². The van der Waals surface area contributed by atoms with Crippen LogP contribution in [0.2, 0.25) is 0 Å². The fourth-order valence-corrected chi connectivity index (χ4v) is 2.31. The average Bonchev–Trinajstić information content (AvgIpc) is 2.59. The van der Waals surface area contributed by atoms with E-state index in [0.717, 1.165) is 16.9 Å². The molecule has 0 saturated carbocycles. The number of phenolic OH excluding ortho intramolecular Hbond substituents is 1. The van der Waals surface area contributed by atoms with Crippen LogP contribution < -0.4 is 10.1 Å². The largest absolute Gasteiger partial charge is 0.505 e. The Morgan fingerprint density at radius 1 is 1.20 bits per heavy atom. The van der Waals surface area contributed by atoms with Gasteiger partial charge in [-0.25, -0.2) is 4.39 Å². The lowest BCUT2D eigenvalue weighted by Crippen LogP contribution is -2.38. The molecule has 0 aromatic heterocycles. The van der Waals surface area contributed by atoms with Crippen molar-refractivity contribution in [2.45, 2.75) is 13.1 Å². The second-order valence-corrected chi connectivity index (χ2v) is 5.39. The Labute approximate surface area is 164 Å². The number of nitrogens with zero attached hydrogens (tertiary/aromatic N) is 2. The predicted octanol–water partition coefficient (Wildman–Crippen LogP) is 3.37. The van der Waals surface area contributed by atoms with Gasteiger partial charge in [-0.05, 0) is 35.4 Å². The molecule has 2 aromatic carbocycles. The van der Waals surface area contributed by atoms with Crippen LogP contribution in [-0.2, 0) is 13.1 Å². The summed E-state index contributed by atoms with van der Waals surface area (Å²) in [7, 11) is 5.26. The first-order valence-corrected chi connectivity index (χ1v) is 7.55. The van der Waals surface area contributed by atoms with Crippen LogP contribution in [0.25, 0.3) is 0 Å². The monoisotopic (exact) mass is 459 g/mol. The van der Waals surface area contributed by atoms with Crippen molar-refractivity contribution in [2.75, 3.05) is 21.2 Å². The van der Waals surface area contributed by atoms with E-state index in [9.17, 15) is 9.50 Å². The molecule has 5 nitrogen and oxygen atoms in total. The van der Waals surface area contributed by atoms with Crippen LogP contribution in [0.15, 0.2) is 47.5 Å². The number of hydrogen-bond acceptors (Lipinski definition) is 3. The van der Waals surface area contributed by atoms with E-state index < -0.39 is 5.82 Å². The minimum atomic E-state index is -0.629. The smallest absolute Gasteiger partial charge is 0.193 e. The zero-order valence-corrected chi connectivity index (χ0v) is 16.8. The summed E-state index contributed by atoms with van der Waals surface area (Å²) in [6.07, 6.45) is 0. The first-order valence-electron chi connectivity index (χ1n) is 7.55. The van der Waals surface area contributed by atoms with Crippen LogP contribution in [0.1, 0.15) is 11.1 Å². The number of rotatable bonds is 5. The van der Waals surface area contributed by atoms with Crippen LogP contribution in [0, 0.1) is 5.82 Å². The zero-order valence-electron chi connectivity index (χ0n) is 14.5. The number of ether oxygens (including phenoxy) is 1. The van der Waals surface area contributed by atoms with Crippen LogP contribution in [0.5, 0.6) is 11.5 Å². The maximum Gasteiger partial charge on any atom is 0.193 e. The predicted molar refractivity (Wildman–Crippen MR) is 108 cm³/mol. The van der Waals surface area contributed by atoms with Gasteiger partial charge in [-0.15, -0.1) is 24.0 Å². The van der Waals surface area contributed by atoms with Crippen molar-refractivity contribution < 1.29 is 14.2 Å². The fourth-order valence-electron chi connectivity index (χ4n) is 2.31. The van der Waals surface area contributed by atoms with E-state index in [2.05, 4.69) is 10.3 Å². The highest BCUT2D eigenvalue weighted by atomic mass is 127. The van der Waals surface area contributed by atoms with Crippen molar-refractivity contribution in [3.8, 4) is 11.5 Å². The fraction of sp³-hybridized carbons (Fsp3) is 0.278. The molecule has 0 saturated heterocycles. The zero-order chi connectivity index (χ0) is 17.5. The number of guanidine groups is 1. The molecule has 0 aliphatic carbocycles.